The maximum atomic E-state index is 5.38. The van der Waals surface area contributed by atoms with Crippen LogP contribution in [0.1, 0.15) is 5.56 Å². The minimum absolute atomic E-state index is 0.351. The molecule has 0 N–H and O–H groups in total. The highest BCUT2D eigenvalue weighted by atomic mass is 16.5. The normalized spacial score (nSPS) is 9.79. The van der Waals surface area contributed by atoms with Crippen molar-refractivity contribution in [3.63, 3.8) is 0 Å². The Morgan fingerprint density at radius 3 is 2.29 bits per heavy atom. The summed E-state index contributed by atoms with van der Waals surface area (Å²) in [5.74, 6) is 0.712. The van der Waals surface area contributed by atoms with Crippen molar-refractivity contribution in [2.75, 3.05) is 0 Å². The summed E-state index contributed by atoms with van der Waals surface area (Å²) in [5, 5.41) is 0. The minimum Gasteiger partial charge on any atom is -0.424 e. The van der Waals surface area contributed by atoms with Crippen LogP contribution in [0, 0.1) is 6.92 Å². The summed E-state index contributed by atoms with van der Waals surface area (Å²) in [6.45, 7) is 3.78. The first kappa shape index (κ1) is 8.69. The van der Waals surface area contributed by atoms with Gasteiger partial charge in [0.15, 0.2) is 0 Å². The predicted octanol–water partition coefficient (Wildman–Crippen LogP) is 2.45. The van der Waals surface area contributed by atoms with E-state index in [1.807, 2.05) is 24.3 Å². The number of benzene rings is 1. The van der Waals surface area contributed by atoms with Crippen molar-refractivity contribution in [2.24, 2.45) is 0 Å². The van der Waals surface area contributed by atoms with E-state index in [2.05, 4.69) is 16.9 Å². The zero-order chi connectivity index (χ0) is 9.80. The topological polar surface area (TPSA) is 35.0 Å². The molecule has 0 atom stereocenters. The van der Waals surface area contributed by atoms with Gasteiger partial charge in [-0.2, -0.15) is 0 Å². The number of hydrogen-bond acceptors (Lipinski definition) is 3. The van der Waals surface area contributed by atoms with Gasteiger partial charge in [-0.05, 0) is 30.7 Å². The predicted molar refractivity (Wildman–Crippen MR) is 53.0 cm³/mol. The van der Waals surface area contributed by atoms with Crippen LogP contribution in [0.5, 0.6) is 11.8 Å². The Kier molecular flexibility index (Phi) is 2.40. The van der Waals surface area contributed by atoms with Gasteiger partial charge < -0.3 is 4.74 Å². The van der Waals surface area contributed by atoms with Crippen molar-refractivity contribution in [3.05, 3.63) is 55.2 Å². The highest BCUT2D eigenvalue weighted by Gasteiger charge is 1.97. The first-order chi connectivity index (χ1) is 6.84. The standard InChI is InChI=1S/C11H9N2O/c1-9-3-5-10(6-4-9)14-11-12-7-2-8-13-11/h2-8H,1H2. The zero-order valence-corrected chi connectivity index (χ0v) is 7.55. The lowest BCUT2D eigenvalue weighted by Crippen LogP contribution is -1.89. The van der Waals surface area contributed by atoms with Crippen molar-refractivity contribution in [1.29, 1.82) is 0 Å². The van der Waals surface area contributed by atoms with E-state index in [-0.39, 0.29) is 0 Å². The third-order valence-corrected chi connectivity index (χ3v) is 1.67. The van der Waals surface area contributed by atoms with Crippen LogP contribution >= 0.6 is 0 Å². The lowest BCUT2D eigenvalue weighted by atomic mass is 10.2. The second-order valence-corrected chi connectivity index (χ2v) is 2.78. The van der Waals surface area contributed by atoms with Crippen LogP contribution in [-0.2, 0) is 0 Å². The second kappa shape index (κ2) is 3.87. The lowest BCUT2D eigenvalue weighted by Gasteiger charge is -2.02. The van der Waals surface area contributed by atoms with Gasteiger partial charge in [-0.1, -0.05) is 12.1 Å². The van der Waals surface area contributed by atoms with E-state index in [1.165, 1.54) is 0 Å². The van der Waals surface area contributed by atoms with Gasteiger partial charge in [0.2, 0.25) is 0 Å². The van der Waals surface area contributed by atoms with E-state index in [1.54, 1.807) is 18.5 Å². The number of hydrogen-bond donors (Lipinski definition) is 0. The van der Waals surface area contributed by atoms with Crippen LogP contribution in [-0.4, -0.2) is 9.97 Å². The van der Waals surface area contributed by atoms with Crippen LogP contribution in [0.2, 0.25) is 0 Å². The second-order valence-electron chi connectivity index (χ2n) is 2.78. The molecule has 1 aromatic heterocycles. The van der Waals surface area contributed by atoms with Crippen LogP contribution in [0.25, 0.3) is 0 Å². The van der Waals surface area contributed by atoms with E-state index in [4.69, 9.17) is 4.74 Å². The lowest BCUT2D eigenvalue weighted by molar-refractivity contribution is 0.441. The molecular formula is C11H9N2O. The molecule has 0 spiro atoms. The van der Waals surface area contributed by atoms with Crippen molar-refractivity contribution in [1.82, 2.24) is 9.97 Å². The SMILES string of the molecule is [CH2]c1ccc(Oc2ncccn2)cc1. The van der Waals surface area contributed by atoms with Gasteiger partial charge in [0.05, 0.1) is 0 Å². The van der Waals surface area contributed by atoms with Gasteiger partial charge in [-0.25, -0.2) is 9.97 Å². The molecule has 0 fully saturated rings. The van der Waals surface area contributed by atoms with E-state index in [0.29, 0.717) is 11.8 Å². The van der Waals surface area contributed by atoms with Gasteiger partial charge in [-0.15, -0.1) is 0 Å². The van der Waals surface area contributed by atoms with E-state index < -0.39 is 0 Å². The van der Waals surface area contributed by atoms with E-state index in [9.17, 15) is 0 Å². The molecule has 14 heavy (non-hydrogen) atoms. The summed E-state index contributed by atoms with van der Waals surface area (Å²) in [5.41, 5.74) is 0.950. The molecule has 0 amide bonds. The molecule has 0 unspecified atom stereocenters. The maximum absolute atomic E-state index is 5.38. The van der Waals surface area contributed by atoms with Gasteiger partial charge >= 0.3 is 6.01 Å². The Morgan fingerprint density at radius 2 is 1.64 bits per heavy atom. The quantitative estimate of drug-likeness (QED) is 0.720. The molecule has 3 nitrogen and oxygen atoms in total. The fraction of sp³-hybridized carbons (Fsp3) is 0. The fourth-order valence-electron chi connectivity index (χ4n) is 1.00. The Hall–Kier alpha value is -1.90. The van der Waals surface area contributed by atoms with E-state index in [0.717, 1.165) is 5.56 Å². The molecule has 0 aliphatic rings. The Labute approximate surface area is 82.4 Å². The fourth-order valence-corrected chi connectivity index (χ4v) is 1.00. The average molecular weight is 185 g/mol. The van der Waals surface area contributed by atoms with Crippen molar-refractivity contribution >= 4 is 0 Å². The van der Waals surface area contributed by atoms with Crippen LogP contribution in [0.3, 0.4) is 0 Å². The van der Waals surface area contributed by atoms with Crippen LogP contribution < -0.4 is 4.74 Å². The van der Waals surface area contributed by atoms with Crippen LogP contribution in [0.4, 0.5) is 0 Å². The number of nitrogens with zero attached hydrogens (tertiary/aromatic N) is 2. The highest BCUT2D eigenvalue weighted by Crippen LogP contribution is 2.16. The summed E-state index contributed by atoms with van der Waals surface area (Å²) >= 11 is 0. The molecule has 69 valence electrons. The van der Waals surface area contributed by atoms with Crippen molar-refractivity contribution in [3.8, 4) is 11.8 Å². The van der Waals surface area contributed by atoms with Crippen molar-refractivity contribution in [2.45, 2.75) is 0 Å². The van der Waals surface area contributed by atoms with E-state index >= 15 is 0 Å². The zero-order valence-electron chi connectivity index (χ0n) is 7.55. The number of aromatic nitrogens is 2. The molecule has 1 heterocycles. The summed E-state index contributed by atoms with van der Waals surface area (Å²) in [4.78, 5) is 7.89. The molecule has 0 saturated carbocycles. The molecule has 3 heteroatoms. The molecule has 2 rings (SSSR count). The molecule has 0 aliphatic carbocycles. The molecule has 1 radical (unpaired) electrons. The first-order valence-corrected chi connectivity index (χ1v) is 4.21. The molecular weight excluding hydrogens is 176 g/mol. The Balaban J connectivity index is 2.16. The third-order valence-electron chi connectivity index (χ3n) is 1.67. The van der Waals surface area contributed by atoms with Crippen LogP contribution in [0.15, 0.2) is 42.7 Å². The third kappa shape index (κ3) is 2.07. The summed E-state index contributed by atoms with van der Waals surface area (Å²) in [7, 11) is 0. The van der Waals surface area contributed by atoms with Crippen molar-refractivity contribution < 1.29 is 4.74 Å². The minimum atomic E-state index is 0.351. The maximum Gasteiger partial charge on any atom is 0.321 e. The molecule has 0 bridgehead atoms. The molecule has 1 aromatic carbocycles. The number of ether oxygens (including phenoxy) is 1. The average Bonchev–Trinajstić information content (AvgIpc) is 2.23. The molecule has 0 saturated heterocycles. The Bertz CT molecular complexity index is 397. The monoisotopic (exact) mass is 185 g/mol. The molecule has 2 aromatic rings. The summed E-state index contributed by atoms with van der Waals surface area (Å²) in [6.07, 6.45) is 3.27. The summed E-state index contributed by atoms with van der Waals surface area (Å²) in [6, 6.07) is 9.50. The first-order valence-electron chi connectivity index (χ1n) is 4.21. The Morgan fingerprint density at radius 1 is 1.00 bits per heavy atom. The number of rotatable bonds is 2. The highest BCUT2D eigenvalue weighted by molar-refractivity contribution is 5.30. The summed E-state index contributed by atoms with van der Waals surface area (Å²) < 4.78 is 5.38. The van der Waals surface area contributed by atoms with Gasteiger partial charge in [-0.3, -0.25) is 0 Å². The van der Waals surface area contributed by atoms with Gasteiger partial charge in [0.25, 0.3) is 0 Å². The molecule has 0 aliphatic heterocycles. The van der Waals surface area contributed by atoms with Gasteiger partial charge in [0.1, 0.15) is 5.75 Å². The smallest absolute Gasteiger partial charge is 0.321 e. The van der Waals surface area contributed by atoms with Gasteiger partial charge in [0, 0.05) is 12.4 Å². The largest absolute Gasteiger partial charge is 0.424 e.